The highest BCUT2D eigenvalue weighted by Gasteiger charge is 2.22. The number of ether oxygens (including phenoxy) is 2. The number of nitrogens with zero attached hydrogens (tertiary/aromatic N) is 1. The number of likely N-dealkylation sites (N-methyl/N-ethyl adjacent to an activating group) is 1. The second-order valence-electron chi connectivity index (χ2n) is 21.0. The van der Waals surface area contributed by atoms with Gasteiger partial charge in [-0.05, 0) is 12.8 Å². The molecule has 66 heavy (non-hydrogen) atoms. The lowest BCUT2D eigenvalue weighted by Gasteiger charge is -2.28. The zero-order valence-electron chi connectivity index (χ0n) is 44.7. The first kappa shape index (κ1) is 65.0. The van der Waals surface area contributed by atoms with Crippen LogP contribution >= 0.6 is 7.82 Å². The van der Waals surface area contributed by atoms with Crippen molar-refractivity contribution in [2.75, 3.05) is 47.5 Å². The lowest BCUT2D eigenvalue weighted by Crippen LogP contribution is -2.37. The van der Waals surface area contributed by atoms with Crippen LogP contribution in [-0.2, 0) is 32.7 Å². The van der Waals surface area contributed by atoms with Crippen LogP contribution < -0.4 is 4.89 Å². The summed E-state index contributed by atoms with van der Waals surface area (Å²) in [4.78, 5) is 37.5. The Bertz CT molecular complexity index is 1080. The maximum absolute atomic E-state index is 12.7. The molecule has 0 saturated carbocycles. The van der Waals surface area contributed by atoms with Crippen LogP contribution in [0.5, 0.6) is 0 Å². The topological polar surface area (TPSA) is 111 Å². The Balaban J connectivity index is 3.82. The molecule has 9 nitrogen and oxygen atoms in total. The van der Waals surface area contributed by atoms with E-state index in [1.807, 2.05) is 21.1 Å². The van der Waals surface area contributed by atoms with Crippen molar-refractivity contribution in [2.24, 2.45) is 0 Å². The van der Waals surface area contributed by atoms with Gasteiger partial charge in [-0.2, -0.15) is 0 Å². The maximum Gasteiger partial charge on any atom is 0.306 e. The summed E-state index contributed by atoms with van der Waals surface area (Å²) in [6.07, 6.45) is 54.9. The van der Waals surface area contributed by atoms with Crippen molar-refractivity contribution in [3.8, 4) is 0 Å². The predicted octanol–water partition coefficient (Wildman–Crippen LogP) is 16.9. The molecule has 0 bridgehead atoms. The summed E-state index contributed by atoms with van der Waals surface area (Å²) in [5.41, 5.74) is 0. The Kier molecular flexibility index (Phi) is 48.3. The zero-order valence-corrected chi connectivity index (χ0v) is 45.6. The first-order valence-electron chi connectivity index (χ1n) is 28.7. The molecular formula is C56H112NO8P. The number of esters is 2. The third-order valence-electron chi connectivity index (χ3n) is 13.1. The van der Waals surface area contributed by atoms with Crippen molar-refractivity contribution in [1.82, 2.24) is 0 Å². The molecule has 0 fully saturated rings. The van der Waals surface area contributed by atoms with Gasteiger partial charge < -0.3 is 27.9 Å². The molecule has 0 aromatic rings. The molecule has 2 atom stereocenters. The molecule has 0 rings (SSSR count). The zero-order chi connectivity index (χ0) is 48.5. The number of carbonyl (C=O) groups excluding carboxylic acids is 2. The van der Waals surface area contributed by atoms with Crippen molar-refractivity contribution in [3.05, 3.63) is 0 Å². The van der Waals surface area contributed by atoms with Crippen molar-refractivity contribution in [3.63, 3.8) is 0 Å². The average molecular weight is 958 g/mol. The quantitative estimate of drug-likeness (QED) is 0.0256. The van der Waals surface area contributed by atoms with Gasteiger partial charge >= 0.3 is 11.9 Å². The van der Waals surface area contributed by atoms with Gasteiger partial charge in [0.2, 0.25) is 0 Å². The molecule has 0 saturated heterocycles. The summed E-state index contributed by atoms with van der Waals surface area (Å²) >= 11 is 0. The standard InChI is InChI=1S/C56H112NO8P/c1-6-8-10-12-14-16-17-18-19-20-21-22-23-24-25-26-27-28-29-30-31-32-33-34-35-36-37-38-39-40-41-43-45-47-49-56(59)65-54(53-64-66(60,61)63-51-50-57(3,4)5)52-62-55(58)48-46-44-42-15-13-11-9-7-2/h54H,6-53H2,1-5H3. The van der Waals surface area contributed by atoms with E-state index in [1.54, 1.807) is 0 Å². The molecule has 394 valence electrons. The fourth-order valence-corrected chi connectivity index (χ4v) is 9.39. The summed E-state index contributed by atoms with van der Waals surface area (Å²) in [5.74, 6) is -0.821. The first-order chi connectivity index (χ1) is 32.0. The first-order valence-corrected chi connectivity index (χ1v) is 30.2. The second-order valence-corrected chi connectivity index (χ2v) is 22.4. The Morgan fingerprint density at radius 2 is 0.682 bits per heavy atom. The van der Waals surface area contributed by atoms with E-state index in [0.717, 1.165) is 32.1 Å². The minimum absolute atomic E-state index is 0.0257. The number of hydrogen-bond acceptors (Lipinski definition) is 8. The molecule has 0 aliphatic carbocycles. The third-order valence-corrected chi connectivity index (χ3v) is 14.1. The summed E-state index contributed by atoms with van der Waals surface area (Å²) < 4.78 is 33.9. The van der Waals surface area contributed by atoms with Crippen molar-refractivity contribution in [1.29, 1.82) is 0 Å². The monoisotopic (exact) mass is 958 g/mol. The van der Waals surface area contributed by atoms with Gasteiger partial charge in [-0.25, -0.2) is 0 Å². The van der Waals surface area contributed by atoms with Gasteiger partial charge in [0.25, 0.3) is 7.82 Å². The van der Waals surface area contributed by atoms with Crippen LogP contribution in [-0.4, -0.2) is 70.0 Å². The fourth-order valence-electron chi connectivity index (χ4n) is 8.66. The van der Waals surface area contributed by atoms with Crippen molar-refractivity contribution < 1.29 is 42.1 Å². The Morgan fingerprint density at radius 1 is 0.409 bits per heavy atom. The van der Waals surface area contributed by atoms with Gasteiger partial charge in [-0.1, -0.05) is 271 Å². The van der Waals surface area contributed by atoms with E-state index < -0.39 is 26.5 Å². The van der Waals surface area contributed by atoms with E-state index in [9.17, 15) is 19.0 Å². The third kappa shape index (κ3) is 52.4. The predicted molar refractivity (Wildman–Crippen MR) is 278 cm³/mol. The average Bonchev–Trinajstić information content (AvgIpc) is 3.27. The molecule has 0 aromatic carbocycles. The van der Waals surface area contributed by atoms with E-state index in [0.29, 0.717) is 17.4 Å². The van der Waals surface area contributed by atoms with Gasteiger partial charge in [0.15, 0.2) is 6.10 Å². The number of unbranched alkanes of at least 4 members (excludes halogenated alkanes) is 40. The summed E-state index contributed by atoms with van der Waals surface area (Å²) in [7, 11) is 1.19. The van der Waals surface area contributed by atoms with E-state index in [-0.39, 0.29) is 32.0 Å². The van der Waals surface area contributed by atoms with Crippen LogP contribution in [0.3, 0.4) is 0 Å². The van der Waals surface area contributed by atoms with E-state index in [4.69, 9.17) is 18.5 Å². The van der Waals surface area contributed by atoms with Crippen LogP contribution in [0.15, 0.2) is 0 Å². The molecule has 0 aliphatic heterocycles. The van der Waals surface area contributed by atoms with E-state index >= 15 is 0 Å². The van der Waals surface area contributed by atoms with Gasteiger partial charge in [0.1, 0.15) is 19.8 Å². The van der Waals surface area contributed by atoms with Gasteiger partial charge in [-0.3, -0.25) is 14.2 Å². The highest BCUT2D eigenvalue weighted by Crippen LogP contribution is 2.38. The number of phosphoric acid groups is 1. The Morgan fingerprint density at radius 3 is 0.970 bits per heavy atom. The lowest BCUT2D eigenvalue weighted by atomic mass is 10.0. The Hall–Kier alpha value is -0.990. The molecule has 0 aromatic heterocycles. The van der Waals surface area contributed by atoms with Crippen LogP contribution in [0.2, 0.25) is 0 Å². The van der Waals surface area contributed by atoms with Crippen molar-refractivity contribution in [2.45, 2.75) is 302 Å². The van der Waals surface area contributed by atoms with E-state index in [2.05, 4.69) is 13.8 Å². The normalized spacial score (nSPS) is 13.2. The number of quaternary nitrogens is 1. The highest BCUT2D eigenvalue weighted by molar-refractivity contribution is 7.45. The number of phosphoric ester groups is 1. The van der Waals surface area contributed by atoms with Gasteiger partial charge in [0, 0.05) is 12.8 Å². The van der Waals surface area contributed by atoms with Crippen LogP contribution in [0.1, 0.15) is 296 Å². The van der Waals surface area contributed by atoms with Crippen LogP contribution in [0.25, 0.3) is 0 Å². The van der Waals surface area contributed by atoms with Crippen LogP contribution in [0.4, 0.5) is 0 Å². The Labute approximate surface area is 410 Å². The largest absolute Gasteiger partial charge is 0.756 e. The SMILES string of the molecule is CCCCCCCCCCCCCCCCCCCCCCCCCCCCCCCCCCCCC(=O)OC(COC(=O)CCCCCCCCCC)COP(=O)([O-])OCC[N+](C)(C)C. The maximum atomic E-state index is 12.7. The molecule has 0 spiro atoms. The summed E-state index contributed by atoms with van der Waals surface area (Å²) in [6.45, 7) is 4.25. The smallest absolute Gasteiger partial charge is 0.306 e. The molecule has 0 N–H and O–H groups in total. The number of rotatable bonds is 54. The van der Waals surface area contributed by atoms with Crippen molar-refractivity contribution >= 4 is 19.8 Å². The molecule has 0 amide bonds. The lowest BCUT2D eigenvalue weighted by molar-refractivity contribution is -0.870. The molecule has 0 heterocycles. The minimum Gasteiger partial charge on any atom is -0.756 e. The second kappa shape index (κ2) is 49.0. The molecule has 0 radical (unpaired) electrons. The summed E-state index contributed by atoms with van der Waals surface area (Å²) in [5, 5.41) is 0. The summed E-state index contributed by atoms with van der Waals surface area (Å²) in [6, 6.07) is 0. The van der Waals surface area contributed by atoms with Crippen LogP contribution in [0, 0.1) is 0 Å². The fraction of sp³-hybridized carbons (Fsp3) is 0.964. The van der Waals surface area contributed by atoms with E-state index in [1.165, 1.54) is 231 Å². The number of hydrogen-bond donors (Lipinski definition) is 0. The minimum atomic E-state index is -4.62. The highest BCUT2D eigenvalue weighted by atomic mass is 31.2. The molecule has 10 heteroatoms. The molecule has 0 aliphatic rings. The van der Waals surface area contributed by atoms with Gasteiger partial charge in [0.05, 0.1) is 27.7 Å². The van der Waals surface area contributed by atoms with Gasteiger partial charge in [-0.15, -0.1) is 0 Å². The molecular weight excluding hydrogens is 846 g/mol. The number of carbonyl (C=O) groups is 2. The molecule has 2 unspecified atom stereocenters.